The summed E-state index contributed by atoms with van der Waals surface area (Å²) in [7, 11) is 0. The minimum atomic E-state index is 0.415. The predicted octanol–water partition coefficient (Wildman–Crippen LogP) is 3.25. The maximum absolute atomic E-state index is 6.22. The van der Waals surface area contributed by atoms with Gasteiger partial charge >= 0.3 is 0 Å². The zero-order valence-corrected chi connectivity index (χ0v) is 14.2. The molecule has 26 heavy (non-hydrogen) atoms. The summed E-state index contributed by atoms with van der Waals surface area (Å²) in [5.41, 5.74) is 11.6. The highest BCUT2D eigenvalue weighted by Crippen LogP contribution is 2.40. The number of rotatable bonds is 4. The Morgan fingerprint density at radius 3 is 2.85 bits per heavy atom. The number of aromatic nitrogens is 6. The molecule has 1 aliphatic rings. The molecule has 1 saturated carbocycles. The van der Waals surface area contributed by atoms with E-state index in [4.69, 9.17) is 5.73 Å². The third-order valence-corrected chi connectivity index (χ3v) is 4.69. The molecule has 3 heterocycles. The Hall–Kier alpha value is -3.42. The van der Waals surface area contributed by atoms with Crippen molar-refractivity contribution in [3.8, 4) is 11.3 Å². The first kappa shape index (κ1) is 14.9. The van der Waals surface area contributed by atoms with E-state index in [2.05, 4.69) is 41.7 Å². The van der Waals surface area contributed by atoms with E-state index >= 15 is 0 Å². The van der Waals surface area contributed by atoms with Crippen LogP contribution in [0.1, 0.15) is 30.1 Å². The molecular weight excluding hydrogens is 328 g/mol. The molecule has 5 N–H and O–H groups in total. The lowest BCUT2D eigenvalue weighted by Crippen LogP contribution is -2.05. The van der Waals surface area contributed by atoms with Gasteiger partial charge in [-0.1, -0.05) is 0 Å². The van der Waals surface area contributed by atoms with Gasteiger partial charge in [-0.2, -0.15) is 15.2 Å². The molecule has 8 heteroatoms. The molecule has 8 nitrogen and oxygen atoms in total. The number of H-pyrrole nitrogens is 2. The van der Waals surface area contributed by atoms with Crippen LogP contribution in [0.2, 0.25) is 0 Å². The van der Waals surface area contributed by atoms with Gasteiger partial charge < -0.3 is 11.1 Å². The van der Waals surface area contributed by atoms with Crippen molar-refractivity contribution in [3.05, 3.63) is 41.9 Å². The summed E-state index contributed by atoms with van der Waals surface area (Å²) >= 11 is 0. The zero-order chi connectivity index (χ0) is 17.7. The van der Waals surface area contributed by atoms with Crippen molar-refractivity contribution < 1.29 is 0 Å². The zero-order valence-electron chi connectivity index (χ0n) is 14.2. The quantitative estimate of drug-likeness (QED) is 0.450. The number of nitrogens with zero attached hydrogens (tertiary/aromatic N) is 4. The Morgan fingerprint density at radius 2 is 2.04 bits per heavy atom. The second kappa shape index (κ2) is 5.55. The van der Waals surface area contributed by atoms with Gasteiger partial charge in [-0.05, 0) is 44.0 Å². The first-order valence-corrected chi connectivity index (χ1v) is 8.57. The Labute approximate surface area is 149 Å². The third-order valence-electron chi connectivity index (χ3n) is 4.69. The smallest absolute Gasteiger partial charge is 0.229 e. The second-order valence-corrected chi connectivity index (χ2v) is 6.67. The number of aryl methyl sites for hydroxylation is 1. The van der Waals surface area contributed by atoms with Crippen LogP contribution < -0.4 is 11.1 Å². The molecule has 4 aromatic rings. The highest BCUT2D eigenvalue weighted by Gasteiger charge is 2.26. The van der Waals surface area contributed by atoms with Crippen LogP contribution in [-0.2, 0) is 0 Å². The fraction of sp³-hybridized carbons (Fsp3) is 0.222. The van der Waals surface area contributed by atoms with E-state index in [1.807, 2.05) is 25.1 Å². The first-order valence-electron chi connectivity index (χ1n) is 8.57. The van der Waals surface area contributed by atoms with Crippen LogP contribution in [0.15, 0.2) is 30.5 Å². The van der Waals surface area contributed by atoms with Crippen molar-refractivity contribution >= 4 is 28.4 Å². The summed E-state index contributed by atoms with van der Waals surface area (Å²) < 4.78 is 0. The van der Waals surface area contributed by atoms with Crippen molar-refractivity contribution in [3.63, 3.8) is 0 Å². The predicted molar refractivity (Wildman–Crippen MR) is 100 cm³/mol. The molecule has 0 aliphatic heterocycles. The van der Waals surface area contributed by atoms with Crippen LogP contribution in [0.5, 0.6) is 0 Å². The number of nitrogen functional groups attached to an aromatic ring is 1. The highest BCUT2D eigenvalue weighted by molar-refractivity contribution is 5.82. The molecule has 0 radical (unpaired) electrons. The van der Waals surface area contributed by atoms with Crippen LogP contribution in [-0.4, -0.2) is 30.4 Å². The summed E-state index contributed by atoms with van der Waals surface area (Å²) in [6.07, 6.45) is 4.21. The normalized spacial score (nSPS) is 14.0. The minimum absolute atomic E-state index is 0.415. The van der Waals surface area contributed by atoms with E-state index < -0.39 is 0 Å². The van der Waals surface area contributed by atoms with E-state index in [1.165, 1.54) is 12.8 Å². The third kappa shape index (κ3) is 2.55. The van der Waals surface area contributed by atoms with Gasteiger partial charge in [0, 0.05) is 22.7 Å². The Bertz CT molecular complexity index is 1080. The van der Waals surface area contributed by atoms with Crippen LogP contribution >= 0.6 is 0 Å². The second-order valence-electron chi connectivity index (χ2n) is 6.67. The molecule has 0 spiro atoms. The molecule has 1 fully saturated rings. The topological polar surface area (TPSA) is 121 Å². The highest BCUT2D eigenvalue weighted by atomic mass is 15.2. The number of aromatic amines is 2. The maximum atomic E-state index is 6.22. The fourth-order valence-electron chi connectivity index (χ4n) is 3.19. The summed E-state index contributed by atoms with van der Waals surface area (Å²) in [4.78, 5) is 8.98. The fourth-order valence-corrected chi connectivity index (χ4v) is 3.19. The van der Waals surface area contributed by atoms with Crippen LogP contribution in [0.4, 0.5) is 17.5 Å². The van der Waals surface area contributed by atoms with Crippen molar-refractivity contribution in [2.24, 2.45) is 0 Å². The number of benzene rings is 1. The average Bonchev–Trinajstić information content (AvgIpc) is 3.16. The van der Waals surface area contributed by atoms with Gasteiger partial charge in [0.1, 0.15) is 5.82 Å². The minimum Gasteiger partial charge on any atom is -0.383 e. The van der Waals surface area contributed by atoms with Crippen molar-refractivity contribution in [1.82, 2.24) is 30.4 Å². The van der Waals surface area contributed by atoms with Crippen LogP contribution in [0.3, 0.4) is 0 Å². The number of hydrogen-bond acceptors (Lipinski definition) is 6. The van der Waals surface area contributed by atoms with Gasteiger partial charge in [0.25, 0.3) is 0 Å². The van der Waals surface area contributed by atoms with Crippen molar-refractivity contribution in [2.45, 2.75) is 25.7 Å². The van der Waals surface area contributed by atoms with E-state index in [0.29, 0.717) is 17.7 Å². The maximum Gasteiger partial charge on any atom is 0.229 e. The molecule has 0 saturated heterocycles. The molecular formula is C18H18N8. The van der Waals surface area contributed by atoms with E-state index in [-0.39, 0.29) is 0 Å². The van der Waals surface area contributed by atoms with Gasteiger partial charge in [0.2, 0.25) is 5.95 Å². The van der Waals surface area contributed by atoms with Crippen molar-refractivity contribution in [2.75, 3.05) is 11.1 Å². The summed E-state index contributed by atoms with van der Waals surface area (Å²) in [6.45, 7) is 1.92. The Morgan fingerprint density at radius 1 is 1.15 bits per heavy atom. The number of hydrogen-bond donors (Lipinski definition) is 4. The van der Waals surface area contributed by atoms with E-state index in [9.17, 15) is 0 Å². The number of nitrogens with one attached hydrogen (secondary N) is 3. The molecule has 0 bridgehead atoms. The lowest BCUT2D eigenvalue weighted by atomic mass is 10.1. The average molecular weight is 346 g/mol. The lowest BCUT2D eigenvalue weighted by molar-refractivity contribution is 0.965. The van der Waals surface area contributed by atoms with E-state index in [1.54, 1.807) is 6.20 Å². The van der Waals surface area contributed by atoms with Gasteiger partial charge in [0.15, 0.2) is 0 Å². The number of nitrogens with two attached hydrogens (primary N) is 1. The van der Waals surface area contributed by atoms with Gasteiger partial charge in [0.05, 0.1) is 28.7 Å². The molecule has 130 valence electrons. The number of fused-ring (bicyclic) bond motifs is 1. The largest absolute Gasteiger partial charge is 0.383 e. The van der Waals surface area contributed by atoms with Crippen LogP contribution in [0.25, 0.3) is 22.2 Å². The van der Waals surface area contributed by atoms with Gasteiger partial charge in [-0.25, -0.2) is 4.98 Å². The molecule has 0 unspecified atom stereocenters. The summed E-state index contributed by atoms with van der Waals surface area (Å²) in [5.74, 6) is 1.49. The molecule has 0 amide bonds. The summed E-state index contributed by atoms with van der Waals surface area (Å²) in [5, 5.41) is 18.7. The van der Waals surface area contributed by atoms with E-state index in [0.717, 1.165) is 39.2 Å². The SMILES string of the molecule is Cc1nc(Nc2ccc3[nH]ncc3c2)nc(N)c1-c1cc(C2CC2)[nH]n1. The summed E-state index contributed by atoms with van der Waals surface area (Å²) in [6, 6.07) is 7.94. The molecule has 3 aromatic heterocycles. The first-order chi connectivity index (χ1) is 12.7. The Kier molecular flexibility index (Phi) is 3.18. The molecule has 1 aliphatic carbocycles. The van der Waals surface area contributed by atoms with Gasteiger partial charge in [-0.3, -0.25) is 10.2 Å². The lowest BCUT2D eigenvalue weighted by Gasteiger charge is -2.10. The van der Waals surface area contributed by atoms with Gasteiger partial charge in [-0.15, -0.1) is 0 Å². The standard InChI is InChI=1S/C18H18N8/c1-9-16(15-7-14(25-26-15)10-2-3-10)17(19)23-18(21-9)22-12-4-5-13-11(6-12)8-20-24-13/h4-8,10H,2-3H2,1H3,(H,20,24)(H,25,26)(H3,19,21,22,23). The Balaban J connectivity index is 1.46. The molecule has 0 atom stereocenters. The molecule has 5 rings (SSSR count). The number of anilines is 3. The monoisotopic (exact) mass is 346 g/mol. The van der Waals surface area contributed by atoms with Crippen LogP contribution in [0, 0.1) is 6.92 Å². The van der Waals surface area contributed by atoms with Crippen molar-refractivity contribution in [1.29, 1.82) is 0 Å². The molecule has 1 aromatic carbocycles.